The Balaban J connectivity index is 1.23. The number of para-hydroxylation sites is 5. The Bertz CT molecular complexity index is 3730. The SMILES string of the molecule is c1ccc(-n2c3ccccc3c3cc(-n4c5ccccc5c5c([Si](c6ccccc6)(c6ccccc6)c6ccccc6)cc(-n6c7ccccc7c7ccccc76)cc54)ccc32)cc1. The Morgan fingerprint density at radius 2 is 0.609 bits per heavy atom. The quantitative estimate of drug-likeness (QED) is 0.112. The fraction of sp³-hybridized carbons (Fsp3) is 0. The van der Waals surface area contributed by atoms with Gasteiger partial charge in [0, 0.05) is 49.4 Å². The molecule has 0 aliphatic carbocycles. The maximum atomic E-state index is 2.56. The van der Waals surface area contributed by atoms with E-state index in [9.17, 15) is 0 Å². The third kappa shape index (κ3) is 5.27. The molecule has 300 valence electrons. The lowest BCUT2D eigenvalue weighted by atomic mass is 10.1. The molecular weight excluding hydrogens is 791 g/mol. The van der Waals surface area contributed by atoms with Crippen molar-refractivity contribution >= 4 is 94.2 Å². The highest BCUT2D eigenvalue weighted by atomic mass is 28.3. The lowest BCUT2D eigenvalue weighted by molar-refractivity contribution is 1.15. The van der Waals surface area contributed by atoms with E-state index in [4.69, 9.17) is 0 Å². The van der Waals surface area contributed by atoms with Crippen LogP contribution in [0.1, 0.15) is 0 Å². The number of aromatic nitrogens is 3. The first-order valence-electron chi connectivity index (χ1n) is 22.1. The van der Waals surface area contributed by atoms with Crippen molar-refractivity contribution in [2.45, 2.75) is 0 Å². The Kier molecular flexibility index (Phi) is 8.23. The Morgan fingerprint density at radius 1 is 0.234 bits per heavy atom. The molecule has 0 radical (unpaired) electrons. The summed E-state index contributed by atoms with van der Waals surface area (Å²) in [5.74, 6) is 0. The number of fused-ring (bicyclic) bond motifs is 9. The maximum absolute atomic E-state index is 3.09. The van der Waals surface area contributed by atoms with Gasteiger partial charge in [0.1, 0.15) is 0 Å². The van der Waals surface area contributed by atoms with Crippen LogP contribution in [0.5, 0.6) is 0 Å². The Hall–Kier alpha value is -8.18. The van der Waals surface area contributed by atoms with Crippen molar-refractivity contribution in [3.63, 3.8) is 0 Å². The summed E-state index contributed by atoms with van der Waals surface area (Å²) in [6.45, 7) is 0. The molecule has 0 saturated carbocycles. The van der Waals surface area contributed by atoms with E-state index in [0.717, 1.165) is 17.1 Å². The van der Waals surface area contributed by atoms with Gasteiger partial charge in [-0.25, -0.2) is 0 Å². The largest absolute Gasteiger partial charge is 0.309 e. The molecular formula is C60H41N3Si. The van der Waals surface area contributed by atoms with E-state index in [2.05, 4.69) is 262 Å². The minimum atomic E-state index is -3.09. The smallest absolute Gasteiger partial charge is 0.180 e. The molecule has 0 fully saturated rings. The first kappa shape index (κ1) is 36.5. The van der Waals surface area contributed by atoms with Crippen molar-refractivity contribution in [1.29, 1.82) is 0 Å². The van der Waals surface area contributed by atoms with E-state index in [-0.39, 0.29) is 0 Å². The summed E-state index contributed by atoms with van der Waals surface area (Å²) in [6, 6.07) is 92.5. The summed E-state index contributed by atoms with van der Waals surface area (Å²) in [4.78, 5) is 0. The van der Waals surface area contributed by atoms with E-state index in [1.54, 1.807) is 0 Å². The highest BCUT2D eigenvalue weighted by Gasteiger charge is 2.43. The van der Waals surface area contributed by atoms with E-state index in [1.807, 2.05) is 0 Å². The van der Waals surface area contributed by atoms with Gasteiger partial charge in [0.05, 0.1) is 33.1 Å². The first-order valence-corrected chi connectivity index (χ1v) is 24.1. The zero-order valence-electron chi connectivity index (χ0n) is 35.0. The molecule has 13 aromatic rings. The molecule has 0 aliphatic heterocycles. The van der Waals surface area contributed by atoms with Crippen LogP contribution < -0.4 is 20.7 Å². The number of hydrogen-bond acceptors (Lipinski definition) is 0. The second kappa shape index (κ2) is 14.5. The Morgan fingerprint density at radius 3 is 1.12 bits per heavy atom. The molecule has 3 aromatic heterocycles. The lowest BCUT2D eigenvalue weighted by Crippen LogP contribution is -2.74. The van der Waals surface area contributed by atoms with Gasteiger partial charge in [-0.15, -0.1) is 0 Å². The lowest BCUT2D eigenvalue weighted by Gasteiger charge is -2.35. The summed E-state index contributed by atoms with van der Waals surface area (Å²) < 4.78 is 7.45. The minimum absolute atomic E-state index is 1.13. The summed E-state index contributed by atoms with van der Waals surface area (Å²) in [6.07, 6.45) is 0. The maximum Gasteiger partial charge on any atom is 0.180 e. The van der Waals surface area contributed by atoms with Crippen molar-refractivity contribution in [3.05, 3.63) is 249 Å². The average molecular weight is 832 g/mol. The normalized spacial score (nSPS) is 12.1. The molecule has 4 heteroatoms. The van der Waals surface area contributed by atoms with E-state index in [0.29, 0.717) is 0 Å². The van der Waals surface area contributed by atoms with Gasteiger partial charge < -0.3 is 13.7 Å². The molecule has 0 unspecified atom stereocenters. The van der Waals surface area contributed by atoms with Crippen LogP contribution in [-0.4, -0.2) is 21.8 Å². The molecule has 0 atom stereocenters. The third-order valence-electron chi connectivity index (χ3n) is 13.5. The highest BCUT2D eigenvalue weighted by Crippen LogP contribution is 2.39. The van der Waals surface area contributed by atoms with Crippen LogP contribution in [0.15, 0.2) is 249 Å². The van der Waals surface area contributed by atoms with Crippen LogP contribution in [-0.2, 0) is 0 Å². The fourth-order valence-electron chi connectivity index (χ4n) is 11.0. The van der Waals surface area contributed by atoms with Gasteiger partial charge >= 0.3 is 0 Å². The van der Waals surface area contributed by atoms with Crippen LogP contribution in [0, 0.1) is 0 Å². The predicted molar refractivity (Wildman–Crippen MR) is 273 cm³/mol. The molecule has 0 aliphatic rings. The Labute approximate surface area is 372 Å². The van der Waals surface area contributed by atoms with Gasteiger partial charge in [0.25, 0.3) is 0 Å². The van der Waals surface area contributed by atoms with E-state index >= 15 is 0 Å². The zero-order chi connectivity index (χ0) is 42.2. The van der Waals surface area contributed by atoms with Gasteiger partial charge in [-0.1, -0.05) is 182 Å². The van der Waals surface area contributed by atoms with Crippen LogP contribution in [0.3, 0.4) is 0 Å². The number of hydrogen-bond donors (Lipinski definition) is 0. The molecule has 10 aromatic carbocycles. The van der Waals surface area contributed by atoms with Gasteiger partial charge in [-0.3, -0.25) is 0 Å². The molecule has 0 bridgehead atoms. The summed E-state index contributed by atoms with van der Waals surface area (Å²) in [7, 11) is -3.09. The molecule has 3 heterocycles. The van der Waals surface area contributed by atoms with Gasteiger partial charge in [-0.05, 0) is 87.5 Å². The third-order valence-corrected chi connectivity index (χ3v) is 18.3. The van der Waals surface area contributed by atoms with Crippen molar-refractivity contribution in [1.82, 2.24) is 13.7 Å². The molecule has 13 rings (SSSR count). The minimum Gasteiger partial charge on any atom is -0.309 e. The van der Waals surface area contributed by atoms with Crippen LogP contribution in [0.2, 0.25) is 0 Å². The van der Waals surface area contributed by atoms with Crippen LogP contribution in [0.4, 0.5) is 0 Å². The van der Waals surface area contributed by atoms with Crippen molar-refractivity contribution in [3.8, 4) is 17.1 Å². The summed E-state index contributed by atoms with van der Waals surface area (Å²) in [5, 5.41) is 12.9. The second-order valence-electron chi connectivity index (χ2n) is 16.8. The summed E-state index contributed by atoms with van der Waals surface area (Å²) >= 11 is 0. The van der Waals surface area contributed by atoms with E-state index in [1.165, 1.54) is 86.2 Å². The monoisotopic (exact) mass is 831 g/mol. The standard InChI is InChI=1S/C60H41N3Si/c1-5-21-42(22-6-1)61-55-35-19-15-31-50(55)52-39-43(37-38-57(52)61)62-56-36-20-16-32-51(56)60-58(62)40-44(63-53-33-17-13-29-48(53)49-30-14-18-34-54(49)63)41-59(60)64(45-23-7-2-8-24-45,46-25-9-3-10-26-46)47-27-11-4-12-28-47/h1-41H. The summed E-state index contributed by atoms with van der Waals surface area (Å²) in [5.41, 5.74) is 10.6. The number of benzene rings is 10. The first-order chi connectivity index (χ1) is 31.8. The average Bonchev–Trinajstić information content (AvgIpc) is 4.01. The van der Waals surface area contributed by atoms with Gasteiger partial charge in [0.2, 0.25) is 0 Å². The van der Waals surface area contributed by atoms with Crippen molar-refractivity contribution in [2.24, 2.45) is 0 Å². The van der Waals surface area contributed by atoms with Gasteiger partial charge in [-0.2, -0.15) is 0 Å². The van der Waals surface area contributed by atoms with Crippen molar-refractivity contribution in [2.75, 3.05) is 0 Å². The topological polar surface area (TPSA) is 14.8 Å². The molecule has 0 spiro atoms. The molecule has 64 heavy (non-hydrogen) atoms. The zero-order valence-corrected chi connectivity index (χ0v) is 36.0. The molecule has 3 nitrogen and oxygen atoms in total. The predicted octanol–water partition coefficient (Wildman–Crippen LogP) is 12.4. The highest BCUT2D eigenvalue weighted by molar-refractivity contribution is 7.20. The molecule has 0 saturated heterocycles. The second-order valence-corrected chi connectivity index (χ2v) is 20.6. The molecule has 0 N–H and O–H groups in total. The number of rotatable bonds is 7. The van der Waals surface area contributed by atoms with Gasteiger partial charge in [0.15, 0.2) is 8.07 Å². The fourth-order valence-corrected chi connectivity index (χ4v) is 16.0. The van der Waals surface area contributed by atoms with Crippen molar-refractivity contribution < 1.29 is 0 Å². The van der Waals surface area contributed by atoms with Crippen LogP contribution >= 0.6 is 0 Å². The van der Waals surface area contributed by atoms with Crippen LogP contribution in [0.25, 0.3) is 82.5 Å². The molecule has 0 amide bonds. The number of nitrogens with zero attached hydrogens (tertiary/aromatic N) is 3. The van der Waals surface area contributed by atoms with E-state index < -0.39 is 8.07 Å².